The van der Waals surface area contributed by atoms with Crippen LogP contribution in [-0.4, -0.2) is 7.85 Å². The lowest BCUT2D eigenvalue weighted by molar-refractivity contribution is 0.619. The van der Waals surface area contributed by atoms with Crippen molar-refractivity contribution in [3.05, 3.63) is 29.1 Å². The molecule has 0 amide bonds. The summed E-state index contributed by atoms with van der Waals surface area (Å²) < 4.78 is 12.7. The summed E-state index contributed by atoms with van der Waals surface area (Å²) in [5, 5.41) is 0. The van der Waals surface area contributed by atoms with Gasteiger partial charge in [-0.2, -0.15) is 0 Å². The van der Waals surface area contributed by atoms with E-state index in [1.807, 2.05) is 6.92 Å². The SMILES string of the molecule is [B]c1cc(F)c(C)cc1C. The van der Waals surface area contributed by atoms with Gasteiger partial charge >= 0.3 is 0 Å². The molecule has 1 rings (SSSR count). The van der Waals surface area contributed by atoms with Gasteiger partial charge < -0.3 is 0 Å². The largest absolute Gasteiger partial charge is 0.207 e. The van der Waals surface area contributed by atoms with E-state index in [1.165, 1.54) is 6.07 Å². The highest BCUT2D eigenvalue weighted by Gasteiger charge is 1.98. The standard InChI is InChI=1S/C8H8BF/c1-5-3-6(2)8(10)4-7(5)9/h3-4H,1-2H3. The topological polar surface area (TPSA) is 0 Å². The molecule has 0 aliphatic carbocycles. The average molecular weight is 134 g/mol. The molecule has 2 heteroatoms. The van der Waals surface area contributed by atoms with Gasteiger partial charge in [-0.05, 0) is 25.5 Å². The van der Waals surface area contributed by atoms with Gasteiger partial charge in [0.1, 0.15) is 13.7 Å². The van der Waals surface area contributed by atoms with E-state index in [4.69, 9.17) is 7.85 Å². The molecule has 0 aliphatic rings. The maximum Gasteiger partial charge on any atom is 0.125 e. The highest BCUT2D eigenvalue weighted by atomic mass is 19.1. The molecule has 0 bridgehead atoms. The van der Waals surface area contributed by atoms with Crippen LogP contribution in [0, 0.1) is 19.7 Å². The van der Waals surface area contributed by atoms with Crippen LogP contribution < -0.4 is 5.46 Å². The van der Waals surface area contributed by atoms with Gasteiger partial charge in [-0.1, -0.05) is 17.1 Å². The summed E-state index contributed by atoms with van der Waals surface area (Å²) >= 11 is 0. The summed E-state index contributed by atoms with van der Waals surface area (Å²) in [4.78, 5) is 0. The monoisotopic (exact) mass is 134 g/mol. The first-order valence-electron chi connectivity index (χ1n) is 3.13. The number of rotatable bonds is 0. The second-order valence-corrected chi connectivity index (χ2v) is 2.46. The summed E-state index contributed by atoms with van der Waals surface area (Å²) in [6.07, 6.45) is 0. The molecule has 1 aromatic rings. The summed E-state index contributed by atoms with van der Waals surface area (Å²) in [5.74, 6) is -0.233. The Morgan fingerprint density at radius 3 is 2.30 bits per heavy atom. The number of aryl methyl sites for hydroxylation is 2. The zero-order chi connectivity index (χ0) is 7.72. The number of hydrogen-bond donors (Lipinski definition) is 0. The van der Waals surface area contributed by atoms with Crippen LogP contribution in [0.4, 0.5) is 4.39 Å². The number of benzene rings is 1. The van der Waals surface area contributed by atoms with Crippen LogP contribution >= 0.6 is 0 Å². The average Bonchev–Trinajstić information content (AvgIpc) is 1.84. The van der Waals surface area contributed by atoms with Crippen molar-refractivity contribution in [2.45, 2.75) is 13.8 Å². The van der Waals surface area contributed by atoms with E-state index >= 15 is 0 Å². The van der Waals surface area contributed by atoms with Gasteiger partial charge in [0.25, 0.3) is 0 Å². The predicted octanol–water partition coefficient (Wildman–Crippen LogP) is 1.24. The third-order valence-electron chi connectivity index (χ3n) is 1.55. The molecule has 0 aliphatic heterocycles. The first kappa shape index (κ1) is 7.32. The lowest BCUT2D eigenvalue weighted by Gasteiger charge is -2.01. The smallest absolute Gasteiger partial charge is 0.125 e. The van der Waals surface area contributed by atoms with Crippen molar-refractivity contribution in [2.75, 3.05) is 0 Å². The van der Waals surface area contributed by atoms with Crippen molar-refractivity contribution in [3.8, 4) is 0 Å². The Labute approximate surface area is 61.5 Å². The molecule has 0 nitrogen and oxygen atoms in total. The van der Waals surface area contributed by atoms with Crippen molar-refractivity contribution in [1.82, 2.24) is 0 Å². The highest BCUT2D eigenvalue weighted by Crippen LogP contribution is 2.04. The van der Waals surface area contributed by atoms with Crippen molar-refractivity contribution in [3.63, 3.8) is 0 Å². The Hall–Kier alpha value is -0.785. The molecule has 0 aromatic heterocycles. The van der Waals surface area contributed by atoms with Gasteiger partial charge in [0.05, 0.1) is 0 Å². The summed E-state index contributed by atoms with van der Waals surface area (Å²) in [6, 6.07) is 3.09. The van der Waals surface area contributed by atoms with Crippen molar-refractivity contribution in [2.24, 2.45) is 0 Å². The second-order valence-electron chi connectivity index (χ2n) is 2.46. The second kappa shape index (κ2) is 2.45. The molecule has 0 saturated heterocycles. The molecule has 0 heterocycles. The van der Waals surface area contributed by atoms with E-state index in [-0.39, 0.29) is 5.82 Å². The Morgan fingerprint density at radius 1 is 1.20 bits per heavy atom. The minimum Gasteiger partial charge on any atom is -0.207 e. The molecule has 50 valence electrons. The number of halogens is 1. The lowest BCUT2D eigenvalue weighted by Crippen LogP contribution is -2.08. The zero-order valence-corrected chi connectivity index (χ0v) is 6.11. The maximum absolute atomic E-state index is 12.7. The van der Waals surface area contributed by atoms with E-state index in [9.17, 15) is 4.39 Å². The van der Waals surface area contributed by atoms with Gasteiger partial charge in [-0.3, -0.25) is 0 Å². The van der Waals surface area contributed by atoms with E-state index in [0.29, 0.717) is 11.0 Å². The molecule has 0 N–H and O–H groups in total. The molecule has 0 spiro atoms. The molecular weight excluding hydrogens is 126 g/mol. The number of hydrogen-bond acceptors (Lipinski definition) is 0. The normalized spacial score (nSPS) is 9.90. The Bertz CT molecular complexity index is 205. The minimum atomic E-state index is -0.233. The lowest BCUT2D eigenvalue weighted by atomic mass is 9.90. The summed E-state index contributed by atoms with van der Waals surface area (Å²) in [6.45, 7) is 3.59. The van der Waals surface area contributed by atoms with E-state index in [1.54, 1.807) is 13.0 Å². The Kier molecular flexibility index (Phi) is 1.79. The predicted molar refractivity (Wildman–Crippen MR) is 41.3 cm³/mol. The van der Waals surface area contributed by atoms with Crippen molar-refractivity contribution >= 4 is 13.3 Å². The van der Waals surface area contributed by atoms with Crippen LogP contribution in [0.2, 0.25) is 0 Å². The van der Waals surface area contributed by atoms with Gasteiger partial charge in [0.15, 0.2) is 0 Å². The van der Waals surface area contributed by atoms with Gasteiger partial charge in [0, 0.05) is 0 Å². The molecule has 0 saturated carbocycles. The van der Waals surface area contributed by atoms with Crippen LogP contribution in [0.15, 0.2) is 12.1 Å². The van der Waals surface area contributed by atoms with Crippen LogP contribution in [0.25, 0.3) is 0 Å². The minimum absolute atomic E-state index is 0.233. The van der Waals surface area contributed by atoms with Crippen LogP contribution in [0.1, 0.15) is 11.1 Å². The van der Waals surface area contributed by atoms with Gasteiger partial charge in [0.2, 0.25) is 0 Å². The van der Waals surface area contributed by atoms with E-state index in [0.717, 1.165) is 5.56 Å². The summed E-state index contributed by atoms with van der Waals surface area (Å²) in [7, 11) is 5.45. The van der Waals surface area contributed by atoms with Crippen LogP contribution in [-0.2, 0) is 0 Å². The quantitative estimate of drug-likeness (QED) is 0.468. The fourth-order valence-corrected chi connectivity index (χ4v) is 0.841. The third-order valence-corrected chi connectivity index (χ3v) is 1.55. The third kappa shape index (κ3) is 1.20. The van der Waals surface area contributed by atoms with Gasteiger partial charge in [-0.15, -0.1) is 0 Å². The Morgan fingerprint density at radius 2 is 1.80 bits per heavy atom. The molecule has 0 unspecified atom stereocenters. The Balaban J connectivity index is 3.28. The molecule has 0 fully saturated rings. The summed E-state index contributed by atoms with van der Waals surface area (Å²) in [5.41, 5.74) is 2.09. The fourth-order valence-electron chi connectivity index (χ4n) is 0.841. The van der Waals surface area contributed by atoms with E-state index < -0.39 is 0 Å². The maximum atomic E-state index is 12.7. The van der Waals surface area contributed by atoms with Gasteiger partial charge in [-0.25, -0.2) is 4.39 Å². The van der Waals surface area contributed by atoms with E-state index in [2.05, 4.69) is 0 Å². The zero-order valence-electron chi connectivity index (χ0n) is 6.11. The molecule has 10 heavy (non-hydrogen) atoms. The molecule has 2 radical (unpaired) electrons. The highest BCUT2D eigenvalue weighted by molar-refractivity contribution is 6.33. The molecule has 1 aromatic carbocycles. The molecule has 0 atom stereocenters. The first-order valence-corrected chi connectivity index (χ1v) is 3.13. The molecular formula is C8H8BF. The first-order chi connectivity index (χ1) is 4.61. The van der Waals surface area contributed by atoms with Crippen molar-refractivity contribution in [1.29, 1.82) is 0 Å². The fraction of sp³-hybridized carbons (Fsp3) is 0.250. The van der Waals surface area contributed by atoms with Crippen LogP contribution in [0.5, 0.6) is 0 Å². The van der Waals surface area contributed by atoms with Crippen molar-refractivity contribution < 1.29 is 4.39 Å². The van der Waals surface area contributed by atoms with Crippen LogP contribution in [0.3, 0.4) is 0 Å².